The number of hydrogen-bond acceptors (Lipinski definition) is 46. The van der Waals surface area contributed by atoms with Crippen LogP contribution in [0.5, 0.6) is 0 Å². The van der Waals surface area contributed by atoms with Crippen LogP contribution in [0, 0.1) is 0 Å². The average Bonchev–Trinajstić information content (AvgIpc) is 0.758. The second-order valence-corrected chi connectivity index (χ2v) is 27.0. The highest BCUT2D eigenvalue weighted by Gasteiger charge is 2.64. The van der Waals surface area contributed by atoms with Crippen molar-refractivity contribution in [1.29, 1.82) is 0 Å². The first-order valence-corrected chi connectivity index (χ1v) is 36.1. The molecule has 0 bridgehead atoms. The highest BCUT2D eigenvalue weighted by atomic mass is 16.8. The summed E-state index contributed by atoms with van der Waals surface area (Å²) in [7, 11) is 0. The van der Waals surface area contributed by atoms with E-state index in [2.05, 4.69) is 5.32 Å². The molecule has 0 unspecified atom stereocenters. The van der Waals surface area contributed by atoms with Crippen molar-refractivity contribution in [2.75, 3.05) is 33.0 Å². The van der Waals surface area contributed by atoms with E-state index in [9.17, 15) is 91.7 Å². The van der Waals surface area contributed by atoms with E-state index >= 15 is 0 Å². The fourth-order valence-electron chi connectivity index (χ4n) is 13.2. The van der Waals surface area contributed by atoms with Gasteiger partial charge in [0.1, 0.15) is 100 Å². The van der Waals surface area contributed by atoms with Gasteiger partial charge in [0.2, 0.25) is 5.91 Å². The molecule has 6 saturated heterocycles. The zero-order chi connectivity index (χ0) is 87.5. The van der Waals surface area contributed by atoms with E-state index < -0.39 is 319 Å². The standard InChI is InChI=1S/C70H97NO46/c1-24-49(97-31(8)78)57(102-36(13)83)61(105-39(16)86)67(96-24)117-64-58(103-37(14)84)52(99-33(10)80)44(21-93-28(5)75)111-70(64)115-55-47(71-25(2)72)66(109-43(20-92-27(4)74)50(55)98-32(9)79)116-60-53(100-34(11)81)45(22-94-29(6)76)110-69(63(60)107-41(18)88)114-54-46(23-95-30(7)77)112-68(62(106-40(17)87)59(54)104-38(15)85)113-51-42(19-91-26(3)73)108-65(90)48(89)56(51)101-35(12)82/h24,42-70,89-90H,19-23H2,1-18H3,(H,71,72)/t24-,42+,43+,44+,45+,46+,47+,48+,49+,50-,51+,52-,53-,54-,55+,56+,57+,58-,59-,60-,61-,62+,63+,64+,65+,66-,67-,68-,69-,70-/m0/s1. The van der Waals surface area contributed by atoms with E-state index in [1.54, 1.807) is 0 Å². The highest BCUT2D eigenvalue weighted by molar-refractivity contribution is 5.74. The Hall–Kier alpha value is -9.53. The maximum Gasteiger partial charge on any atom is 0.303 e. The number of hydrogen-bond donors (Lipinski definition) is 3. The quantitative estimate of drug-likeness (QED) is 0.0429. The number of esters is 16. The molecule has 0 aromatic rings. The van der Waals surface area contributed by atoms with Crippen molar-refractivity contribution in [2.24, 2.45) is 0 Å². The van der Waals surface area contributed by atoms with Crippen LogP contribution in [-0.4, -0.2) is 329 Å². The molecule has 6 fully saturated rings. The van der Waals surface area contributed by atoms with Gasteiger partial charge in [-0.2, -0.15) is 0 Å². The van der Waals surface area contributed by atoms with E-state index in [-0.39, 0.29) is 0 Å². The van der Waals surface area contributed by atoms with Crippen LogP contribution >= 0.6 is 0 Å². The number of carbonyl (C=O) groups is 17. The van der Waals surface area contributed by atoms with Gasteiger partial charge < -0.3 is 143 Å². The Bertz CT molecular complexity index is 3570. The zero-order valence-electron chi connectivity index (χ0n) is 66.7. The van der Waals surface area contributed by atoms with Crippen molar-refractivity contribution in [3.8, 4) is 0 Å². The first kappa shape index (κ1) is 96.3. The van der Waals surface area contributed by atoms with E-state index in [4.69, 9.17) is 128 Å². The fourth-order valence-corrected chi connectivity index (χ4v) is 13.2. The van der Waals surface area contributed by atoms with Crippen LogP contribution in [0.25, 0.3) is 0 Å². The van der Waals surface area contributed by atoms with E-state index in [1.165, 1.54) is 6.92 Å². The number of nitrogens with one attached hydrogen (secondary N) is 1. The van der Waals surface area contributed by atoms with Crippen LogP contribution in [0.2, 0.25) is 0 Å². The monoisotopic (exact) mass is 1690 g/mol. The second kappa shape index (κ2) is 43.8. The molecule has 0 aromatic heterocycles. The normalized spacial score (nSPS) is 34.5. The largest absolute Gasteiger partial charge is 0.463 e. The van der Waals surface area contributed by atoms with Gasteiger partial charge in [-0.05, 0) is 6.92 Å². The number of aliphatic hydroxyl groups excluding tert-OH is 2. The molecule has 3 N–H and O–H groups in total. The summed E-state index contributed by atoms with van der Waals surface area (Å²) in [5.41, 5.74) is 0. The van der Waals surface area contributed by atoms with Gasteiger partial charge in [-0.25, -0.2) is 0 Å². The molecular formula is C70H97NO46. The Morgan fingerprint density at radius 1 is 0.239 bits per heavy atom. The summed E-state index contributed by atoms with van der Waals surface area (Å²) in [6.45, 7) is 11.8. The molecule has 0 aromatic carbocycles. The summed E-state index contributed by atoms with van der Waals surface area (Å²) >= 11 is 0. The van der Waals surface area contributed by atoms with Crippen LogP contribution in [0.3, 0.4) is 0 Å². The average molecular weight is 1690 g/mol. The lowest BCUT2D eigenvalue weighted by Crippen LogP contribution is -2.72. The summed E-state index contributed by atoms with van der Waals surface area (Å²) in [5, 5.41) is 24.6. The van der Waals surface area contributed by atoms with Gasteiger partial charge >= 0.3 is 95.5 Å². The summed E-state index contributed by atoms with van der Waals surface area (Å²) in [6, 6.07) is -2.19. The molecule has 30 atom stereocenters. The molecule has 0 aliphatic carbocycles. The third kappa shape index (κ3) is 28.1. The van der Waals surface area contributed by atoms with Gasteiger partial charge in [0, 0.05) is 118 Å². The van der Waals surface area contributed by atoms with Crippen molar-refractivity contribution in [3.05, 3.63) is 0 Å². The third-order valence-electron chi connectivity index (χ3n) is 17.2. The van der Waals surface area contributed by atoms with Gasteiger partial charge in [0.15, 0.2) is 111 Å². The lowest BCUT2D eigenvalue weighted by molar-refractivity contribution is -0.393. The van der Waals surface area contributed by atoms with Crippen molar-refractivity contribution >= 4 is 101 Å². The third-order valence-corrected chi connectivity index (χ3v) is 17.2. The van der Waals surface area contributed by atoms with Crippen LogP contribution in [0.1, 0.15) is 125 Å². The molecule has 1 amide bonds. The number of amides is 1. The smallest absolute Gasteiger partial charge is 0.303 e. The minimum absolute atomic E-state index is 0.810. The fraction of sp³-hybridized carbons (Fsp3) is 0.757. The molecular weight excluding hydrogens is 1590 g/mol. The number of aliphatic hydroxyl groups is 2. The Morgan fingerprint density at radius 3 is 0.829 bits per heavy atom. The first-order valence-electron chi connectivity index (χ1n) is 36.1. The lowest BCUT2D eigenvalue weighted by Gasteiger charge is -2.52. The lowest BCUT2D eigenvalue weighted by atomic mass is 9.93. The molecule has 0 saturated carbocycles. The van der Waals surface area contributed by atoms with Gasteiger partial charge in [-0.15, -0.1) is 0 Å². The molecule has 0 spiro atoms. The zero-order valence-corrected chi connectivity index (χ0v) is 66.7. The molecule has 117 heavy (non-hydrogen) atoms. The van der Waals surface area contributed by atoms with Gasteiger partial charge in [0.25, 0.3) is 0 Å². The molecule has 0 radical (unpaired) electrons. The van der Waals surface area contributed by atoms with Crippen LogP contribution in [0.4, 0.5) is 0 Å². The molecule has 47 heteroatoms. The van der Waals surface area contributed by atoms with E-state index in [0.717, 1.165) is 118 Å². The summed E-state index contributed by atoms with van der Waals surface area (Å²) in [5.74, 6) is -18.8. The Labute approximate surface area is 666 Å². The van der Waals surface area contributed by atoms with Gasteiger partial charge in [-0.1, -0.05) is 0 Å². The Balaban J connectivity index is 1.65. The summed E-state index contributed by atoms with van der Waals surface area (Å²) < 4.78 is 161. The van der Waals surface area contributed by atoms with Gasteiger partial charge in [0.05, 0.1) is 6.10 Å². The molecule has 6 aliphatic rings. The minimum Gasteiger partial charge on any atom is -0.463 e. The molecule has 6 aliphatic heterocycles. The maximum absolute atomic E-state index is 14.1. The predicted molar refractivity (Wildman–Crippen MR) is 362 cm³/mol. The Kier molecular flexibility index (Phi) is 36.0. The van der Waals surface area contributed by atoms with E-state index in [1.807, 2.05) is 0 Å². The van der Waals surface area contributed by atoms with Crippen LogP contribution in [-0.2, 0) is 209 Å². The highest BCUT2D eigenvalue weighted by Crippen LogP contribution is 2.42. The molecule has 47 nitrogen and oxygen atoms in total. The maximum atomic E-state index is 14.1. The number of ether oxygens (including phenoxy) is 27. The first-order chi connectivity index (χ1) is 54.7. The number of carbonyl (C=O) groups excluding carboxylic acids is 17. The van der Waals surface area contributed by atoms with Crippen molar-refractivity contribution in [1.82, 2.24) is 5.32 Å². The minimum atomic E-state index is -2.44. The molecule has 658 valence electrons. The summed E-state index contributed by atoms with van der Waals surface area (Å²) in [4.78, 5) is 224. The topological polar surface area (TPSA) is 592 Å². The van der Waals surface area contributed by atoms with Crippen molar-refractivity contribution in [2.45, 2.75) is 309 Å². The molecule has 6 rings (SSSR count). The van der Waals surface area contributed by atoms with Crippen LogP contribution < -0.4 is 5.32 Å². The van der Waals surface area contributed by atoms with Crippen LogP contribution in [0.15, 0.2) is 0 Å². The SMILES string of the molecule is CC(=O)N[C@H]1[C@H](O[C@H]2[C@@H](OC(C)=O)[C@@H](COC(C)=O)O[C@@H](O[C@@H]3[C@H](OC(C)=O)[C@@H](OC(C)=O)[C@H](O[C@H]4[C@H](OC(C)=O)[C@@H](O)[C@H](O)O[C@@H]4COC(C)=O)O[C@@H]3COC(C)=O)[C@@H]2OC(C)=O)O[C@H](COC(C)=O)[C@H](OC(C)=O)[C@@H]1O[C@@H]1O[C@H](COC(C)=O)[C@H](OC(C)=O)[C@H](OC(C)=O)[C@H]1O[C@@H]1O[C@@H](C)[C@@H](OC(C)=O)[C@@H](OC(C)=O)[C@@H]1OC(C)=O. The molecule has 6 heterocycles. The summed E-state index contributed by atoms with van der Waals surface area (Å²) in [6.07, 6.45) is -60.7. The van der Waals surface area contributed by atoms with E-state index in [0.29, 0.717) is 0 Å². The Morgan fingerprint density at radius 2 is 0.470 bits per heavy atom. The number of rotatable bonds is 32. The predicted octanol–water partition coefficient (Wildman–Crippen LogP) is -3.80. The second-order valence-electron chi connectivity index (χ2n) is 27.0. The van der Waals surface area contributed by atoms with Crippen molar-refractivity contribution < 1.29 is 220 Å². The van der Waals surface area contributed by atoms with Gasteiger partial charge in [-0.3, -0.25) is 81.5 Å². The van der Waals surface area contributed by atoms with Crippen molar-refractivity contribution in [3.63, 3.8) is 0 Å².